The van der Waals surface area contributed by atoms with Crippen molar-refractivity contribution in [2.24, 2.45) is 5.73 Å². The van der Waals surface area contributed by atoms with Gasteiger partial charge in [-0.05, 0) is 29.8 Å². The van der Waals surface area contributed by atoms with E-state index in [1.165, 1.54) is 0 Å². The van der Waals surface area contributed by atoms with Crippen LogP contribution in [0.1, 0.15) is 17.4 Å². The van der Waals surface area contributed by atoms with Crippen LogP contribution in [0.25, 0.3) is 10.9 Å². The molecule has 1 atom stereocenters. The van der Waals surface area contributed by atoms with Crippen molar-refractivity contribution in [1.82, 2.24) is 4.98 Å². The van der Waals surface area contributed by atoms with Gasteiger partial charge in [0.1, 0.15) is 5.76 Å². The second kappa shape index (κ2) is 4.03. The topological polar surface area (TPSA) is 52.0 Å². The third-order valence-electron chi connectivity index (χ3n) is 2.86. The maximum absolute atomic E-state index is 6.21. The van der Waals surface area contributed by atoms with Gasteiger partial charge in [-0.25, -0.2) is 0 Å². The van der Waals surface area contributed by atoms with Crippen molar-refractivity contribution in [1.29, 1.82) is 0 Å². The fourth-order valence-electron chi connectivity index (χ4n) is 2.02. The van der Waals surface area contributed by atoms with Crippen LogP contribution in [0.5, 0.6) is 0 Å². The van der Waals surface area contributed by atoms with Crippen molar-refractivity contribution in [3.63, 3.8) is 0 Å². The van der Waals surface area contributed by atoms with Gasteiger partial charge in [0.2, 0.25) is 0 Å². The Morgan fingerprint density at radius 1 is 1.06 bits per heavy atom. The number of benzene rings is 1. The van der Waals surface area contributed by atoms with Crippen LogP contribution in [0.2, 0.25) is 0 Å². The molecule has 0 aliphatic heterocycles. The predicted octanol–water partition coefficient (Wildman–Crippen LogP) is 2.88. The van der Waals surface area contributed by atoms with Crippen LogP contribution in [0.15, 0.2) is 59.3 Å². The number of nitrogens with zero attached hydrogens (tertiary/aromatic N) is 1. The summed E-state index contributed by atoms with van der Waals surface area (Å²) in [5.41, 5.74) is 8.19. The van der Waals surface area contributed by atoms with Gasteiger partial charge in [0, 0.05) is 11.6 Å². The largest absolute Gasteiger partial charge is 0.467 e. The van der Waals surface area contributed by atoms with Gasteiger partial charge in [-0.2, -0.15) is 0 Å². The number of aromatic nitrogens is 1. The Morgan fingerprint density at radius 2 is 2.00 bits per heavy atom. The molecule has 2 N–H and O–H groups in total. The van der Waals surface area contributed by atoms with Crippen LogP contribution >= 0.6 is 0 Å². The Morgan fingerprint density at radius 3 is 2.82 bits per heavy atom. The molecule has 0 aliphatic rings. The van der Waals surface area contributed by atoms with Gasteiger partial charge in [-0.3, -0.25) is 4.98 Å². The first-order valence-electron chi connectivity index (χ1n) is 5.49. The van der Waals surface area contributed by atoms with Gasteiger partial charge in [0.05, 0.1) is 17.8 Å². The molecular formula is C14H12N2O. The fraction of sp³-hybridized carbons (Fsp3) is 0.0714. The van der Waals surface area contributed by atoms with Crippen molar-refractivity contribution in [3.05, 3.63) is 66.2 Å². The Kier molecular flexibility index (Phi) is 2.38. The molecule has 0 spiro atoms. The van der Waals surface area contributed by atoms with E-state index in [1.807, 2.05) is 42.5 Å². The van der Waals surface area contributed by atoms with Gasteiger partial charge < -0.3 is 10.2 Å². The zero-order valence-electron chi connectivity index (χ0n) is 9.21. The molecule has 3 rings (SSSR count). The smallest absolute Gasteiger partial charge is 0.125 e. The average molecular weight is 224 g/mol. The summed E-state index contributed by atoms with van der Waals surface area (Å²) in [5.74, 6) is 0.765. The van der Waals surface area contributed by atoms with E-state index in [4.69, 9.17) is 10.2 Å². The predicted molar refractivity (Wildman–Crippen MR) is 66.5 cm³/mol. The number of hydrogen-bond donors (Lipinski definition) is 1. The lowest BCUT2D eigenvalue weighted by Gasteiger charge is -2.11. The Hall–Kier alpha value is -2.13. The van der Waals surface area contributed by atoms with E-state index < -0.39 is 0 Å². The lowest BCUT2D eigenvalue weighted by atomic mass is 10.0. The van der Waals surface area contributed by atoms with Crippen LogP contribution in [0, 0.1) is 0 Å². The van der Waals surface area contributed by atoms with Crippen molar-refractivity contribution in [3.8, 4) is 0 Å². The first-order chi connectivity index (χ1) is 8.36. The van der Waals surface area contributed by atoms with Crippen LogP contribution in [0.3, 0.4) is 0 Å². The van der Waals surface area contributed by atoms with Crippen molar-refractivity contribution < 1.29 is 4.42 Å². The second-order valence-corrected chi connectivity index (χ2v) is 3.91. The molecule has 3 aromatic rings. The molecule has 84 valence electrons. The van der Waals surface area contributed by atoms with Crippen molar-refractivity contribution in [2.45, 2.75) is 6.04 Å². The molecule has 0 saturated carbocycles. The van der Waals surface area contributed by atoms with Gasteiger partial charge >= 0.3 is 0 Å². The monoisotopic (exact) mass is 224 g/mol. The molecule has 0 fully saturated rings. The maximum Gasteiger partial charge on any atom is 0.125 e. The van der Waals surface area contributed by atoms with Gasteiger partial charge in [-0.1, -0.05) is 18.2 Å². The molecule has 0 bridgehead atoms. The minimum atomic E-state index is -0.252. The Bertz CT molecular complexity index is 626. The number of furan rings is 1. The summed E-state index contributed by atoms with van der Waals surface area (Å²) in [7, 11) is 0. The molecule has 0 radical (unpaired) electrons. The molecule has 17 heavy (non-hydrogen) atoms. The zero-order chi connectivity index (χ0) is 11.7. The van der Waals surface area contributed by atoms with Crippen LogP contribution < -0.4 is 5.73 Å². The quantitative estimate of drug-likeness (QED) is 0.728. The normalized spacial score (nSPS) is 12.8. The molecule has 0 amide bonds. The number of nitrogens with two attached hydrogens (primary N) is 1. The number of fused-ring (bicyclic) bond motifs is 1. The Balaban J connectivity index is 2.17. The van der Waals surface area contributed by atoms with Crippen LogP contribution in [-0.2, 0) is 0 Å². The Labute approximate surface area is 98.9 Å². The van der Waals surface area contributed by atoms with Crippen LogP contribution in [-0.4, -0.2) is 4.98 Å². The summed E-state index contributed by atoms with van der Waals surface area (Å²) >= 11 is 0. The first kappa shape index (κ1) is 10.1. The van der Waals surface area contributed by atoms with Crippen molar-refractivity contribution >= 4 is 10.9 Å². The maximum atomic E-state index is 6.21. The number of hydrogen-bond acceptors (Lipinski definition) is 3. The molecule has 0 aliphatic carbocycles. The van der Waals surface area contributed by atoms with E-state index in [-0.39, 0.29) is 6.04 Å². The van der Waals surface area contributed by atoms with Gasteiger partial charge in [0.25, 0.3) is 0 Å². The van der Waals surface area contributed by atoms with E-state index in [9.17, 15) is 0 Å². The van der Waals surface area contributed by atoms with Crippen LogP contribution in [0.4, 0.5) is 0 Å². The minimum Gasteiger partial charge on any atom is -0.467 e. The minimum absolute atomic E-state index is 0.252. The van der Waals surface area contributed by atoms with E-state index in [1.54, 1.807) is 12.5 Å². The lowest BCUT2D eigenvalue weighted by Crippen LogP contribution is -2.11. The highest BCUT2D eigenvalue weighted by atomic mass is 16.3. The first-order valence-corrected chi connectivity index (χ1v) is 5.49. The molecule has 2 aromatic heterocycles. The molecule has 0 saturated heterocycles. The summed E-state index contributed by atoms with van der Waals surface area (Å²) < 4.78 is 5.35. The molecule has 1 unspecified atom stereocenters. The number of pyridine rings is 1. The summed E-state index contributed by atoms with van der Waals surface area (Å²) in [6.45, 7) is 0. The lowest BCUT2D eigenvalue weighted by molar-refractivity contribution is 0.490. The average Bonchev–Trinajstić information content (AvgIpc) is 2.91. The summed E-state index contributed by atoms with van der Waals surface area (Å²) in [4.78, 5) is 4.32. The highest BCUT2D eigenvalue weighted by Crippen LogP contribution is 2.26. The van der Waals surface area contributed by atoms with E-state index in [0.717, 1.165) is 22.2 Å². The third-order valence-corrected chi connectivity index (χ3v) is 2.86. The highest BCUT2D eigenvalue weighted by Gasteiger charge is 2.14. The zero-order valence-corrected chi connectivity index (χ0v) is 9.21. The fourth-order valence-corrected chi connectivity index (χ4v) is 2.02. The standard InChI is InChI=1S/C14H12N2O/c15-14(13-7-3-9-17-13)11-4-1-6-12-10(11)5-2-8-16-12/h1-9,14H,15H2. The highest BCUT2D eigenvalue weighted by molar-refractivity contribution is 5.82. The molecular weight excluding hydrogens is 212 g/mol. The van der Waals surface area contributed by atoms with E-state index >= 15 is 0 Å². The van der Waals surface area contributed by atoms with Gasteiger partial charge in [-0.15, -0.1) is 0 Å². The molecule has 1 aromatic carbocycles. The molecule has 3 nitrogen and oxygen atoms in total. The second-order valence-electron chi connectivity index (χ2n) is 3.91. The summed E-state index contributed by atoms with van der Waals surface area (Å²) in [6, 6.07) is 13.4. The van der Waals surface area contributed by atoms with Crippen molar-refractivity contribution in [2.75, 3.05) is 0 Å². The molecule has 3 heteroatoms. The van der Waals surface area contributed by atoms with Gasteiger partial charge in [0.15, 0.2) is 0 Å². The summed E-state index contributed by atoms with van der Waals surface area (Å²) in [6.07, 6.45) is 3.42. The van der Waals surface area contributed by atoms with E-state index in [2.05, 4.69) is 4.98 Å². The third kappa shape index (κ3) is 1.70. The molecule has 2 heterocycles. The summed E-state index contributed by atoms with van der Waals surface area (Å²) in [5, 5.41) is 1.07. The SMILES string of the molecule is NC(c1ccco1)c1cccc2ncccc12. The number of rotatable bonds is 2. The van der Waals surface area contributed by atoms with E-state index in [0.29, 0.717) is 0 Å².